The van der Waals surface area contributed by atoms with Crippen molar-refractivity contribution in [1.29, 1.82) is 0 Å². The van der Waals surface area contributed by atoms with Crippen molar-refractivity contribution < 1.29 is 9.47 Å². The van der Waals surface area contributed by atoms with E-state index in [0.29, 0.717) is 29.7 Å². The first kappa shape index (κ1) is 19.6. The molecule has 0 saturated carbocycles. The second kappa shape index (κ2) is 8.39. The van der Waals surface area contributed by atoms with E-state index < -0.39 is 0 Å². The minimum absolute atomic E-state index is 0.428. The molecule has 1 fully saturated rings. The van der Waals surface area contributed by atoms with Gasteiger partial charge in [-0.05, 0) is 44.5 Å². The van der Waals surface area contributed by atoms with E-state index in [0.717, 1.165) is 34.6 Å². The fourth-order valence-electron chi connectivity index (χ4n) is 4.20. The SMILES string of the molecule is COc1cc2c(cc1OCCCN1CCCC1)ncc1c(N)nc(-n3ccnc3)cc12. The van der Waals surface area contributed by atoms with Gasteiger partial charge in [0, 0.05) is 47.4 Å². The van der Waals surface area contributed by atoms with Crippen LogP contribution in [-0.2, 0) is 0 Å². The molecule has 0 aliphatic carbocycles. The second-order valence-electron chi connectivity index (χ2n) is 7.83. The van der Waals surface area contributed by atoms with Crippen LogP contribution in [-0.4, -0.2) is 57.8 Å². The Kier molecular flexibility index (Phi) is 5.30. The van der Waals surface area contributed by atoms with Gasteiger partial charge in [0.2, 0.25) is 0 Å². The van der Waals surface area contributed by atoms with Crippen molar-refractivity contribution in [3.63, 3.8) is 0 Å². The Bertz CT molecular complexity index is 1200. The molecule has 4 heterocycles. The molecule has 0 radical (unpaired) electrons. The smallest absolute Gasteiger partial charge is 0.163 e. The third-order valence-electron chi connectivity index (χ3n) is 5.82. The minimum atomic E-state index is 0.428. The van der Waals surface area contributed by atoms with Gasteiger partial charge in [0.05, 0.1) is 19.2 Å². The Morgan fingerprint density at radius 1 is 1.06 bits per heavy atom. The van der Waals surface area contributed by atoms with Gasteiger partial charge in [-0.15, -0.1) is 0 Å². The molecule has 8 nitrogen and oxygen atoms in total. The summed E-state index contributed by atoms with van der Waals surface area (Å²) in [6.07, 6.45) is 10.6. The zero-order valence-electron chi connectivity index (χ0n) is 17.6. The number of rotatable bonds is 7. The van der Waals surface area contributed by atoms with Gasteiger partial charge < -0.3 is 20.1 Å². The molecule has 3 aromatic heterocycles. The van der Waals surface area contributed by atoms with E-state index in [-0.39, 0.29) is 0 Å². The van der Waals surface area contributed by atoms with Crippen molar-refractivity contribution in [1.82, 2.24) is 24.4 Å². The number of anilines is 1. The summed E-state index contributed by atoms with van der Waals surface area (Å²) in [7, 11) is 1.66. The van der Waals surface area contributed by atoms with Crippen LogP contribution < -0.4 is 15.2 Å². The van der Waals surface area contributed by atoms with E-state index in [4.69, 9.17) is 15.2 Å². The van der Waals surface area contributed by atoms with E-state index in [1.54, 1.807) is 25.8 Å². The van der Waals surface area contributed by atoms with Crippen LogP contribution in [0.5, 0.6) is 11.5 Å². The summed E-state index contributed by atoms with van der Waals surface area (Å²) in [6.45, 7) is 4.13. The molecular weight excluding hydrogens is 392 g/mol. The average Bonchev–Trinajstić information content (AvgIpc) is 3.50. The summed E-state index contributed by atoms with van der Waals surface area (Å²) in [6, 6.07) is 5.90. The van der Waals surface area contributed by atoms with E-state index >= 15 is 0 Å². The Morgan fingerprint density at radius 3 is 2.71 bits per heavy atom. The third-order valence-corrected chi connectivity index (χ3v) is 5.82. The highest BCUT2D eigenvalue weighted by Crippen LogP contribution is 2.36. The Hall–Kier alpha value is -3.39. The highest BCUT2D eigenvalue weighted by Gasteiger charge is 2.14. The molecule has 1 aromatic carbocycles. The molecule has 0 atom stereocenters. The predicted octanol–water partition coefficient (Wildman–Crippen LogP) is 3.42. The van der Waals surface area contributed by atoms with Crippen LogP contribution in [0.15, 0.2) is 43.1 Å². The number of nitrogens with zero attached hydrogens (tertiary/aromatic N) is 5. The number of hydrogen-bond donors (Lipinski definition) is 1. The fraction of sp³-hybridized carbons (Fsp3) is 0.348. The quantitative estimate of drug-likeness (QED) is 0.363. The topological polar surface area (TPSA) is 91.3 Å². The zero-order valence-corrected chi connectivity index (χ0v) is 17.6. The molecular formula is C23H26N6O2. The first-order valence-electron chi connectivity index (χ1n) is 10.6. The van der Waals surface area contributed by atoms with Crippen molar-refractivity contribution >= 4 is 27.5 Å². The van der Waals surface area contributed by atoms with Crippen molar-refractivity contribution in [3.8, 4) is 17.3 Å². The number of ether oxygens (including phenoxy) is 2. The number of imidazole rings is 1. The van der Waals surface area contributed by atoms with Crippen molar-refractivity contribution in [2.45, 2.75) is 19.3 Å². The van der Waals surface area contributed by atoms with Crippen LogP contribution in [0.4, 0.5) is 5.82 Å². The molecule has 31 heavy (non-hydrogen) atoms. The zero-order chi connectivity index (χ0) is 21.2. The van der Waals surface area contributed by atoms with Crippen LogP contribution >= 0.6 is 0 Å². The van der Waals surface area contributed by atoms with Gasteiger partial charge in [-0.3, -0.25) is 9.55 Å². The summed E-state index contributed by atoms with van der Waals surface area (Å²) in [5.41, 5.74) is 7.07. The normalized spacial score (nSPS) is 14.5. The van der Waals surface area contributed by atoms with Gasteiger partial charge in [0.15, 0.2) is 11.5 Å². The Morgan fingerprint density at radius 2 is 1.94 bits per heavy atom. The molecule has 0 spiro atoms. The number of aromatic nitrogens is 4. The van der Waals surface area contributed by atoms with Gasteiger partial charge in [-0.2, -0.15) is 0 Å². The molecule has 4 aromatic rings. The number of methoxy groups -OCH3 is 1. The van der Waals surface area contributed by atoms with Crippen LogP contribution in [0.1, 0.15) is 19.3 Å². The van der Waals surface area contributed by atoms with E-state index in [1.165, 1.54) is 25.9 Å². The summed E-state index contributed by atoms with van der Waals surface area (Å²) in [4.78, 5) is 15.7. The van der Waals surface area contributed by atoms with Gasteiger partial charge in [0.25, 0.3) is 0 Å². The summed E-state index contributed by atoms with van der Waals surface area (Å²) < 4.78 is 13.5. The summed E-state index contributed by atoms with van der Waals surface area (Å²) >= 11 is 0. The largest absolute Gasteiger partial charge is 0.493 e. The summed E-state index contributed by atoms with van der Waals surface area (Å²) in [5, 5.41) is 2.70. The molecule has 0 bridgehead atoms. The lowest BCUT2D eigenvalue weighted by atomic mass is 10.1. The maximum atomic E-state index is 6.24. The van der Waals surface area contributed by atoms with Crippen LogP contribution in [0, 0.1) is 0 Å². The van der Waals surface area contributed by atoms with Gasteiger partial charge in [-0.25, -0.2) is 9.97 Å². The van der Waals surface area contributed by atoms with Crippen LogP contribution in [0.2, 0.25) is 0 Å². The first-order valence-corrected chi connectivity index (χ1v) is 10.6. The second-order valence-corrected chi connectivity index (χ2v) is 7.83. The number of nitrogen functional groups attached to an aromatic ring is 1. The standard InChI is InChI=1S/C23H26N6O2/c1-30-20-11-17-16-12-22(29-9-5-25-15-29)27-23(24)18(16)14-26-19(17)13-21(20)31-10-4-8-28-6-2-3-7-28/h5,9,11-15H,2-4,6-8,10H2,1H3,(H2,24,27). The van der Waals surface area contributed by atoms with Gasteiger partial charge in [-0.1, -0.05) is 0 Å². The number of hydrogen-bond acceptors (Lipinski definition) is 7. The molecule has 1 aliphatic rings. The molecule has 5 rings (SSSR count). The monoisotopic (exact) mass is 418 g/mol. The number of likely N-dealkylation sites (tertiary alicyclic amines) is 1. The molecule has 0 amide bonds. The van der Waals surface area contributed by atoms with E-state index in [1.807, 2.05) is 29.0 Å². The van der Waals surface area contributed by atoms with E-state index in [9.17, 15) is 0 Å². The van der Waals surface area contributed by atoms with Gasteiger partial charge in [0.1, 0.15) is 18.0 Å². The maximum Gasteiger partial charge on any atom is 0.163 e. The molecule has 2 N–H and O–H groups in total. The Labute approximate surface area is 180 Å². The highest BCUT2D eigenvalue weighted by molar-refractivity contribution is 6.09. The Balaban J connectivity index is 1.47. The molecule has 1 saturated heterocycles. The van der Waals surface area contributed by atoms with Crippen LogP contribution in [0.3, 0.4) is 0 Å². The van der Waals surface area contributed by atoms with E-state index in [2.05, 4.69) is 19.9 Å². The fourth-order valence-corrected chi connectivity index (χ4v) is 4.20. The molecule has 1 aliphatic heterocycles. The molecule has 8 heteroatoms. The number of nitrogens with two attached hydrogens (primary N) is 1. The summed E-state index contributed by atoms with van der Waals surface area (Å²) in [5.74, 6) is 2.52. The first-order chi connectivity index (χ1) is 15.2. The third kappa shape index (κ3) is 3.86. The number of pyridine rings is 2. The molecule has 0 unspecified atom stereocenters. The lowest BCUT2D eigenvalue weighted by Gasteiger charge is -2.16. The predicted molar refractivity (Wildman–Crippen MR) is 121 cm³/mol. The van der Waals surface area contributed by atoms with Crippen LogP contribution in [0.25, 0.3) is 27.5 Å². The lowest BCUT2D eigenvalue weighted by Crippen LogP contribution is -2.21. The number of benzene rings is 1. The number of fused-ring (bicyclic) bond motifs is 3. The van der Waals surface area contributed by atoms with Gasteiger partial charge >= 0.3 is 0 Å². The van der Waals surface area contributed by atoms with Crippen molar-refractivity contribution in [2.75, 3.05) is 39.1 Å². The molecule has 160 valence electrons. The minimum Gasteiger partial charge on any atom is -0.493 e. The average molecular weight is 419 g/mol. The van der Waals surface area contributed by atoms with Crippen molar-refractivity contribution in [3.05, 3.63) is 43.1 Å². The lowest BCUT2D eigenvalue weighted by molar-refractivity contribution is 0.254. The maximum absolute atomic E-state index is 6.24. The highest BCUT2D eigenvalue weighted by atomic mass is 16.5. The van der Waals surface area contributed by atoms with Crippen molar-refractivity contribution in [2.24, 2.45) is 0 Å².